The van der Waals surface area contributed by atoms with Gasteiger partial charge in [0.05, 0.1) is 0 Å². The minimum atomic E-state index is 1.35. The van der Waals surface area contributed by atoms with Crippen molar-refractivity contribution < 1.29 is 0 Å². The van der Waals surface area contributed by atoms with Gasteiger partial charge < -0.3 is 0 Å². The predicted molar refractivity (Wildman–Crippen MR) is 36.7 cm³/mol. The molecule has 42 valence electrons. The van der Waals surface area contributed by atoms with E-state index >= 15 is 0 Å². The Morgan fingerprint density at radius 1 is 1.50 bits per heavy atom. The van der Waals surface area contributed by atoms with Crippen LogP contribution in [-0.2, 0) is 0 Å². The first-order chi connectivity index (χ1) is 3.84. The van der Waals surface area contributed by atoms with Crippen molar-refractivity contribution in [3.63, 3.8) is 0 Å². The summed E-state index contributed by atoms with van der Waals surface area (Å²) >= 11 is 0. The molecular formula is C8H10. The van der Waals surface area contributed by atoms with E-state index in [1.165, 1.54) is 11.1 Å². The third-order valence-electron chi connectivity index (χ3n) is 1.39. The fraction of sp³-hybridized carbons (Fsp3) is 0.250. The molecule has 0 unspecified atom stereocenters. The summed E-state index contributed by atoms with van der Waals surface area (Å²) in [4.78, 5) is 0. The zero-order valence-corrected chi connectivity index (χ0v) is 5.31. The second-order valence-corrected chi connectivity index (χ2v) is 1.95. The van der Waals surface area contributed by atoms with Gasteiger partial charge in [-0.05, 0) is 25.0 Å². The molecule has 0 amide bonds. The third-order valence-corrected chi connectivity index (χ3v) is 1.39. The van der Waals surface area contributed by atoms with E-state index in [2.05, 4.69) is 38.2 Å². The summed E-state index contributed by atoms with van der Waals surface area (Å²) in [5.74, 6) is 0. The minimum Gasteiger partial charge on any atom is -0.0801 e. The normalized spacial score (nSPS) is 22.2. The van der Waals surface area contributed by atoms with Gasteiger partial charge in [0.1, 0.15) is 0 Å². The Hall–Kier alpha value is -0.780. The second-order valence-electron chi connectivity index (χ2n) is 1.95. The molecule has 0 aliphatic heterocycles. The summed E-state index contributed by atoms with van der Waals surface area (Å²) in [6.45, 7) is 4.18. The molecule has 1 aliphatic rings. The molecule has 0 aromatic heterocycles. The monoisotopic (exact) mass is 106 g/mol. The van der Waals surface area contributed by atoms with Gasteiger partial charge in [0.15, 0.2) is 0 Å². The lowest BCUT2D eigenvalue weighted by Crippen LogP contribution is -1.71. The van der Waals surface area contributed by atoms with Crippen LogP contribution in [0.3, 0.4) is 0 Å². The van der Waals surface area contributed by atoms with Crippen LogP contribution >= 0.6 is 0 Å². The van der Waals surface area contributed by atoms with Gasteiger partial charge in [-0.1, -0.05) is 24.3 Å². The molecule has 8 heavy (non-hydrogen) atoms. The van der Waals surface area contributed by atoms with E-state index in [0.717, 1.165) is 0 Å². The van der Waals surface area contributed by atoms with Crippen LogP contribution in [-0.4, -0.2) is 0 Å². The Balaban J connectivity index is 2.88. The molecule has 0 nitrogen and oxygen atoms in total. The molecule has 0 fully saturated rings. The predicted octanol–water partition coefficient (Wildman–Crippen LogP) is 2.45. The Bertz CT molecular complexity index is 168. The SMILES string of the molecule is C/C=C1/C=CC=C1C. The maximum atomic E-state index is 2.12. The van der Waals surface area contributed by atoms with E-state index in [9.17, 15) is 0 Å². The summed E-state index contributed by atoms with van der Waals surface area (Å²) in [7, 11) is 0. The molecule has 0 spiro atoms. The van der Waals surface area contributed by atoms with Gasteiger partial charge in [-0.15, -0.1) is 0 Å². The van der Waals surface area contributed by atoms with Gasteiger partial charge in [0, 0.05) is 0 Å². The maximum Gasteiger partial charge on any atom is -0.0270 e. The average molecular weight is 106 g/mol. The molecule has 0 N–H and O–H groups in total. The molecule has 0 saturated heterocycles. The topological polar surface area (TPSA) is 0 Å². The van der Waals surface area contributed by atoms with Crippen molar-refractivity contribution in [1.82, 2.24) is 0 Å². The van der Waals surface area contributed by atoms with Crippen molar-refractivity contribution in [3.05, 3.63) is 35.5 Å². The zero-order chi connectivity index (χ0) is 5.98. The number of allylic oxidation sites excluding steroid dienone is 6. The molecule has 0 saturated carbocycles. The van der Waals surface area contributed by atoms with Gasteiger partial charge in [-0.2, -0.15) is 0 Å². The van der Waals surface area contributed by atoms with E-state index < -0.39 is 0 Å². The van der Waals surface area contributed by atoms with Gasteiger partial charge in [0.2, 0.25) is 0 Å². The molecule has 0 heterocycles. The molecular weight excluding hydrogens is 96.1 g/mol. The first-order valence-electron chi connectivity index (χ1n) is 2.86. The Morgan fingerprint density at radius 3 is 2.50 bits per heavy atom. The van der Waals surface area contributed by atoms with Crippen molar-refractivity contribution in [2.45, 2.75) is 13.8 Å². The van der Waals surface area contributed by atoms with E-state index in [4.69, 9.17) is 0 Å². The highest BCUT2D eigenvalue weighted by Crippen LogP contribution is 2.15. The molecule has 1 rings (SSSR count). The quantitative estimate of drug-likeness (QED) is 0.445. The summed E-state index contributed by atoms with van der Waals surface area (Å²) in [6.07, 6.45) is 8.44. The molecule has 0 radical (unpaired) electrons. The van der Waals surface area contributed by atoms with E-state index in [0.29, 0.717) is 0 Å². The van der Waals surface area contributed by atoms with Gasteiger partial charge in [0.25, 0.3) is 0 Å². The highest BCUT2D eigenvalue weighted by atomic mass is 14.0. The number of hydrogen-bond donors (Lipinski definition) is 0. The molecule has 0 heteroatoms. The maximum absolute atomic E-state index is 2.12. The lowest BCUT2D eigenvalue weighted by atomic mass is 10.2. The first kappa shape index (κ1) is 5.36. The first-order valence-corrected chi connectivity index (χ1v) is 2.86. The van der Waals surface area contributed by atoms with Crippen molar-refractivity contribution in [3.8, 4) is 0 Å². The van der Waals surface area contributed by atoms with Crippen molar-refractivity contribution in [2.75, 3.05) is 0 Å². The summed E-state index contributed by atoms with van der Waals surface area (Å²) in [6, 6.07) is 0. The van der Waals surface area contributed by atoms with Crippen LogP contribution in [0.15, 0.2) is 35.5 Å². The van der Waals surface area contributed by atoms with Crippen LogP contribution in [0.4, 0.5) is 0 Å². The number of hydrogen-bond acceptors (Lipinski definition) is 0. The van der Waals surface area contributed by atoms with Crippen LogP contribution in [0.25, 0.3) is 0 Å². The Labute approximate surface area is 50.2 Å². The fourth-order valence-electron chi connectivity index (χ4n) is 0.848. The van der Waals surface area contributed by atoms with E-state index in [1.807, 2.05) is 0 Å². The number of rotatable bonds is 0. The molecule has 1 aliphatic carbocycles. The van der Waals surface area contributed by atoms with E-state index in [-0.39, 0.29) is 0 Å². The lowest BCUT2D eigenvalue weighted by molar-refractivity contribution is 1.45. The van der Waals surface area contributed by atoms with Crippen LogP contribution in [0.1, 0.15) is 13.8 Å². The van der Waals surface area contributed by atoms with Gasteiger partial charge in [-0.25, -0.2) is 0 Å². The van der Waals surface area contributed by atoms with Crippen LogP contribution in [0.2, 0.25) is 0 Å². The summed E-state index contributed by atoms with van der Waals surface area (Å²) < 4.78 is 0. The summed E-state index contributed by atoms with van der Waals surface area (Å²) in [5.41, 5.74) is 2.72. The van der Waals surface area contributed by atoms with Gasteiger partial charge >= 0.3 is 0 Å². The van der Waals surface area contributed by atoms with Gasteiger partial charge in [-0.3, -0.25) is 0 Å². The smallest absolute Gasteiger partial charge is 0.0270 e. The molecule has 0 bridgehead atoms. The van der Waals surface area contributed by atoms with Crippen molar-refractivity contribution in [2.24, 2.45) is 0 Å². The second kappa shape index (κ2) is 1.99. The standard InChI is InChI=1S/C8H10/c1-3-8-6-4-5-7(8)2/h3-6H,1-2H3/b8-3-. The van der Waals surface area contributed by atoms with Crippen molar-refractivity contribution in [1.29, 1.82) is 0 Å². The highest BCUT2D eigenvalue weighted by molar-refractivity contribution is 5.46. The zero-order valence-electron chi connectivity index (χ0n) is 5.31. The van der Waals surface area contributed by atoms with Crippen LogP contribution < -0.4 is 0 Å². The van der Waals surface area contributed by atoms with Crippen molar-refractivity contribution >= 4 is 0 Å². The van der Waals surface area contributed by atoms with Crippen LogP contribution in [0, 0.1) is 0 Å². The van der Waals surface area contributed by atoms with E-state index in [1.54, 1.807) is 0 Å². The Morgan fingerprint density at radius 2 is 2.25 bits per heavy atom. The lowest BCUT2D eigenvalue weighted by Gasteiger charge is -1.90. The summed E-state index contributed by atoms with van der Waals surface area (Å²) in [5, 5.41) is 0. The molecule has 0 aromatic rings. The molecule has 0 atom stereocenters. The molecule has 0 aromatic carbocycles. The average Bonchev–Trinajstić information content (AvgIpc) is 2.14. The third kappa shape index (κ3) is 0.738. The van der Waals surface area contributed by atoms with Crippen LogP contribution in [0.5, 0.6) is 0 Å². The minimum absolute atomic E-state index is 1.35. The Kier molecular flexibility index (Phi) is 1.34. The fourth-order valence-corrected chi connectivity index (χ4v) is 0.848. The highest BCUT2D eigenvalue weighted by Gasteiger charge is 1.95. The largest absolute Gasteiger partial charge is 0.0801 e.